The first kappa shape index (κ1) is 14.5. The number of aliphatic hydroxyl groups excluding tert-OH is 1. The summed E-state index contributed by atoms with van der Waals surface area (Å²) in [5, 5.41) is 20.9. The Bertz CT molecular complexity index is 394. The molecular weight excluding hydrogens is 238 g/mol. The monoisotopic (exact) mass is 263 g/mol. The van der Waals surface area contributed by atoms with Crippen LogP contribution in [0.5, 0.6) is 0 Å². The van der Waals surface area contributed by atoms with E-state index in [1.807, 2.05) is 18.3 Å². The maximum atomic E-state index is 10.5. The Kier molecular flexibility index (Phi) is 4.58. The van der Waals surface area contributed by atoms with Crippen molar-refractivity contribution in [1.82, 2.24) is 4.98 Å². The van der Waals surface area contributed by atoms with E-state index in [-0.39, 0.29) is 0 Å². The second-order valence-corrected chi connectivity index (χ2v) is 6.02. The number of aryl methyl sites for hydroxylation is 1. The molecule has 1 atom stereocenters. The number of hydrogen-bond acceptors (Lipinski definition) is 3. The summed E-state index contributed by atoms with van der Waals surface area (Å²) in [5.41, 5.74) is 1.14. The van der Waals surface area contributed by atoms with Crippen LogP contribution in [-0.4, -0.2) is 26.9 Å². The molecule has 0 spiro atoms. The van der Waals surface area contributed by atoms with Crippen LogP contribution in [0.2, 0.25) is 0 Å². The molecule has 0 saturated heterocycles. The molecule has 1 fully saturated rings. The molecule has 0 radical (unpaired) electrons. The summed E-state index contributed by atoms with van der Waals surface area (Å²) in [4.78, 5) is 4.36. The van der Waals surface area contributed by atoms with Gasteiger partial charge in [0.15, 0.2) is 0 Å². The van der Waals surface area contributed by atoms with Gasteiger partial charge in [-0.3, -0.25) is 4.98 Å². The highest BCUT2D eigenvalue weighted by Crippen LogP contribution is 2.35. The van der Waals surface area contributed by atoms with Gasteiger partial charge >= 0.3 is 0 Å². The van der Waals surface area contributed by atoms with Gasteiger partial charge in [-0.25, -0.2) is 0 Å². The predicted octanol–water partition coefficient (Wildman–Crippen LogP) is 2.49. The number of aromatic nitrogens is 1. The molecule has 1 aromatic rings. The summed E-state index contributed by atoms with van der Waals surface area (Å²) < 4.78 is 0. The minimum atomic E-state index is -0.919. The first-order chi connectivity index (χ1) is 9.03. The van der Waals surface area contributed by atoms with Crippen molar-refractivity contribution in [3.8, 4) is 0 Å². The topological polar surface area (TPSA) is 53.4 Å². The summed E-state index contributed by atoms with van der Waals surface area (Å²) in [6, 6.07) is 4.00. The molecule has 1 heterocycles. The van der Waals surface area contributed by atoms with Crippen LogP contribution >= 0.6 is 0 Å². The van der Waals surface area contributed by atoms with Crippen LogP contribution in [-0.2, 0) is 12.8 Å². The summed E-state index contributed by atoms with van der Waals surface area (Å²) >= 11 is 0. The molecule has 1 aromatic heterocycles. The van der Waals surface area contributed by atoms with E-state index in [1.54, 1.807) is 0 Å². The second kappa shape index (κ2) is 6.02. The van der Waals surface area contributed by atoms with Crippen LogP contribution in [0.25, 0.3) is 0 Å². The maximum absolute atomic E-state index is 10.5. The van der Waals surface area contributed by atoms with E-state index in [0.29, 0.717) is 25.2 Å². The molecule has 1 aliphatic carbocycles. The predicted molar refractivity (Wildman–Crippen MR) is 75.9 cm³/mol. The van der Waals surface area contributed by atoms with Gasteiger partial charge in [-0.15, -0.1) is 0 Å². The fourth-order valence-electron chi connectivity index (χ4n) is 2.77. The average Bonchev–Trinajstić information content (AvgIpc) is 2.43. The largest absolute Gasteiger partial charge is 0.390 e. The Morgan fingerprint density at radius 1 is 1.37 bits per heavy atom. The number of pyridine rings is 1. The zero-order valence-electron chi connectivity index (χ0n) is 12.0. The van der Waals surface area contributed by atoms with Crippen LogP contribution in [0, 0.1) is 5.92 Å². The summed E-state index contributed by atoms with van der Waals surface area (Å²) in [6.45, 7) is 4.30. The van der Waals surface area contributed by atoms with Gasteiger partial charge in [-0.2, -0.15) is 0 Å². The highest BCUT2D eigenvalue weighted by molar-refractivity contribution is 5.15. The number of aliphatic hydroxyl groups is 2. The SMILES string of the molecule is CCc1ccc(CC(O)C2(O)CCC(C)CC2)nc1. The summed E-state index contributed by atoms with van der Waals surface area (Å²) in [6.07, 6.45) is 5.94. The van der Waals surface area contributed by atoms with Crippen LogP contribution in [0.1, 0.15) is 50.8 Å². The van der Waals surface area contributed by atoms with Crippen LogP contribution < -0.4 is 0 Å². The molecule has 0 bridgehead atoms. The van der Waals surface area contributed by atoms with Gasteiger partial charge < -0.3 is 10.2 Å². The number of rotatable bonds is 4. The summed E-state index contributed by atoms with van der Waals surface area (Å²) in [5.74, 6) is 0.662. The normalized spacial score (nSPS) is 29.2. The molecule has 1 unspecified atom stereocenters. The van der Waals surface area contributed by atoms with Gasteiger partial charge in [-0.05, 0) is 49.7 Å². The Hall–Kier alpha value is -0.930. The molecule has 3 nitrogen and oxygen atoms in total. The highest BCUT2D eigenvalue weighted by atomic mass is 16.3. The van der Waals surface area contributed by atoms with E-state index in [9.17, 15) is 10.2 Å². The van der Waals surface area contributed by atoms with Gasteiger partial charge in [0.1, 0.15) is 0 Å². The minimum absolute atomic E-state index is 0.439. The van der Waals surface area contributed by atoms with E-state index in [0.717, 1.165) is 25.0 Å². The fraction of sp³-hybridized carbons (Fsp3) is 0.688. The Morgan fingerprint density at radius 2 is 2.05 bits per heavy atom. The minimum Gasteiger partial charge on any atom is -0.390 e. The zero-order chi connectivity index (χ0) is 13.9. The van der Waals surface area contributed by atoms with Crippen molar-refractivity contribution < 1.29 is 10.2 Å². The van der Waals surface area contributed by atoms with E-state index in [1.165, 1.54) is 5.56 Å². The lowest BCUT2D eigenvalue weighted by molar-refractivity contribution is -0.102. The van der Waals surface area contributed by atoms with Gasteiger partial charge in [0, 0.05) is 18.3 Å². The third kappa shape index (κ3) is 3.54. The standard InChI is InChI=1S/C16H25NO2/c1-3-13-4-5-14(17-11-13)10-15(18)16(19)8-6-12(2)7-9-16/h4-5,11-12,15,18-19H,3,6-10H2,1-2H3. The van der Waals surface area contributed by atoms with Crippen molar-refractivity contribution >= 4 is 0 Å². The van der Waals surface area contributed by atoms with Crippen molar-refractivity contribution in [2.75, 3.05) is 0 Å². The number of nitrogens with zero attached hydrogens (tertiary/aromatic N) is 1. The van der Waals surface area contributed by atoms with Crippen molar-refractivity contribution in [3.05, 3.63) is 29.6 Å². The van der Waals surface area contributed by atoms with Crippen molar-refractivity contribution in [1.29, 1.82) is 0 Å². The van der Waals surface area contributed by atoms with Gasteiger partial charge in [-0.1, -0.05) is 19.9 Å². The lowest BCUT2D eigenvalue weighted by Crippen LogP contribution is -2.46. The molecule has 0 amide bonds. The van der Waals surface area contributed by atoms with Gasteiger partial charge in [0.2, 0.25) is 0 Å². The molecule has 1 aliphatic rings. The molecular formula is C16H25NO2. The Morgan fingerprint density at radius 3 is 2.58 bits per heavy atom. The van der Waals surface area contributed by atoms with E-state index >= 15 is 0 Å². The Balaban J connectivity index is 1.97. The average molecular weight is 263 g/mol. The second-order valence-electron chi connectivity index (χ2n) is 6.02. The van der Waals surface area contributed by atoms with Crippen molar-refractivity contribution in [3.63, 3.8) is 0 Å². The van der Waals surface area contributed by atoms with Crippen LogP contribution in [0.15, 0.2) is 18.3 Å². The molecule has 106 valence electrons. The van der Waals surface area contributed by atoms with Gasteiger partial charge in [0.25, 0.3) is 0 Å². The smallest absolute Gasteiger partial charge is 0.0909 e. The zero-order valence-corrected chi connectivity index (χ0v) is 12.0. The molecule has 2 rings (SSSR count). The molecule has 1 saturated carbocycles. The van der Waals surface area contributed by atoms with E-state index < -0.39 is 11.7 Å². The molecule has 0 aliphatic heterocycles. The lowest BCUT2D eigenvalue weighted by atomic mass is 9.75. The maximum Gasteiger partial charge on any atom is 0.0909 e. The number of hydrogen-bond donors (Lipinski definition) is 2. The third-order valence-electron chi connectivity index (χ3n) is 4.46. The van der Waals surface area contributed by atoms with Gasteiger partial charge in [0.05, 0.1) is 11.7 Å². The quantitative estimate of drug-likeness (QED) is 0.877. The molecule has 0 aromatic carbocycles. The fourth-order valence-corrected chi connectivity index (χ4v) is 2.77. The summed E-state index contributed by atoms with van der Waals surface area (Å²) in [7, 11) is 0. The van der Waals surface area contributed by atoms with Crippen molar-refractivity contribution in [2.45, 2.75) is 64.1 Å². The Labute approximate surface area is 115 Å². The molecule has 19 heavy (non-hydrogen) atoms. The lowest BCUT2D eigenvalue weighted by Gasteiger charge is -2.38. The first-order valence-corrected chi connectivity index (χ1v) is 7.38. The van der Waals surface area contributed by atoms with Crippen LogP contribution in [0.4, 0.5) is 0 Å². The van der Waals surface area contributed by atoms with Crippen molar-refractivity contribution in [2.24, 2.45) is 5.92 Å². The highest BCUT2D eigenvalue weighted by Gasteiger charge is 2.38. The van der Waals surface area contributed by atoms with Crippen LogP contribution in [0.3, 0.4) is 0 Å². The molecule has 2 N–H and O–H groups in total. The van der Waals surface area contributed by atoms with E-state index in [4.69, 9.17) is 0 Å². The third-order valence-corrected chi connectivity index (χ3v) is 4.46. The first-order valence-electron chi connectivity index (χ1n) is 7.38. The molecule has 3 heteroatoms. The van der Waals surface area contributed by atoms with E-state index in [2.05, 4.69) is 18.8 Å².